The second-order valence-corrected chi connectivity index (χ2v) is 8.76. The summed E-state index contributed by atoms with van der Waals surface area (Å²) in [5, 5.41) is 22.8. The van der Waals surface area contributed by atoms with Crippen LogP contribution in [0.3, 0.4) is 0 Å². The van der Waals surface area contributed by atoms with Gasteiger partial charge in [-0.2, -0.15) is 13.2 Å². The minimum absolute atomic E-state index is 0.00282. The Kier molecular flexibility index (Phi) is 6.90. The van der Waals surface area contributed by atoms with E-state index in [4.69, 9.17) is 0 Å². The minimum Gasteiger partial charge on any atom is -0.396 e. The van der Waals surface area contributed by atoms with E-state index in [9.17, 15) is 28.2 Å². The van der Waals surface area contributed by atoms with Gasteiger partial charge in [0.15, 0.2) is 5.60 Å². The van der Waals surface area contributed by atoms with Crippen molar-refractivity contribution in [2.75, 3.05) is 37.7 Å². The second kappa shape index (κ2) is 9.60. The minimum atomic E-state index is -4.81. The van der Waals surface area contributed by atoms with Gasteiger partial charge in [0.2, 0.25) is 0 Å². The fraction of sp³-hybridized carbons (Fsp3) is 0.370. The van der Waals surface area contributed by atoms with E-state index >= 15 is 0 Å². The van der Waals surface area contributed by atoms with Crippen molar-refractivity contribution in [2.24, 2.45) is 0 Å². The average molecular weight is 487 g/mol. The van der Waals surface area contributed by atoms with Crippen LogP contribution in [0.4, 0.5) is 18.9 Å². The van der Waals surface area contributed by atoms with Gasteiger partial charge < -0.3 is 20.0 Å². The molecule has 4 rings (SSSR count). The third kappa shape index (κ3) is 4.42. The van der Waals surface area contributed by atoms with Crippen LogP contribution in [0.5, 0.6) is 0 Å². The number of nitrogens with zero attached hydrogens (tertiary/aromatic N) is 2. The number of alkyl halides is 3. The Balaban J connectivity index is 1.95. The molecule has 1 unspecified atom stereocenters. The highest BCUT2D eigenvalue weighted by Gasteiger charge is 2.55. The lowest BCUT2D eigenvalue weighted by molar-refractivity contribution is -0.142. The molecule has 0 radical (unpaired) electrons. The lowest BCUT2D eigenvalue weighted by Crippen LogP contribution is -2.44. The summed E-state index contributed by atoms with van der Waals surface area (Å²) >= 11 is 0. The number of aliphatic hydroxyl groups is 2. The SMILES string of the molecule is CCN(CC)CCN1C(=O)C(O)(c2ccc3ccccc3c2)c2c1cc(CCO)cc2C(F)(F)F. The second-order valence-electron chi connectivity index (χ2n) is 8.76. The highest BCUT2D eigenvalue weighted by atomic mass is 19.4. The molecule has 0 bridgehead atoms. The maximum atomic E-state index is 14.3. The fourth-order valence-electron chi connectivity index (χ4n) is 4.87. The van der Waals surface area contributed by atoms with Gasteiger partial charge >= 0.3 is 6.18 Å². The maximum absolute atomic E-state index is 14.3. The first-order valence-electron chi connectivity index (χ1n) is 11.8. The summed E-state index contributed by atoms with van der Waals surface area (Å²) in [7, 11) is 0. The van der Waals surface area contributed by atoms with Crippen LogP contribution < -0.4 is 4.90 Å². The van der Waals surface area contributed by atoms with Crippen LogP contribution in [-0.2, 0) is 23.0 Å². The molecule has 0 aliphatic carbocycles. The van der Waals surface area contributed by atoms with Crippen molar-refractivity contribution in [3.63, 3.8) is 0 Å². The number of fused-ring (bicyclic) bond motifs is 2. The van der Waals surface area contributed by atoms with Crippen molar-refractivity contribution in [1.29, 1.82) is 0 Å². The lowest BCUT2D eigenvalue weighted by Gasteiger charge is -2.26. The van der Waals surface area contributed by atoms with Crippen molar-refractivity contribution < 1.29 is 28.2 Å². The molecule has 35 heavy (non-hydrogen) atoms. The molecule has 0 aromatic heterocycles. The van der Waals surface area contributed by atoms with Gasteiger partial charge in [-0.05, 0) is 59.6 Å². The van der Waals surface area contributed by atoms with Crippen LogP contribution in [-0.4, -0.2) is 53.8 Å². The predicted octanol–water partition coefficient (Wildman–Crippen LogP) is 4.32. The van der Waals surface area contributed by atoms with E-state index in [-0.39, 0.29) is 36.4 Å². The monoisotopic (exact) mass is 486 g/mol. The first kappa shape index (κ1) is 25.2. The highest BCUT2D eigenvalue weighted by molar-refractivity contribution is 6.10. The maximum Gasteiger partial charge on any atom is 0.416 e. The van der Waals surface area contributed by atoms with Gasteiger partial charge in [0, 0.05) is 25.3 Å². The van der Waals surface area contributed by atoms with E-state index in [2.05, 4.69) is 4.90 Å². The van der Waals surface area contributed by atoms with Crippen molar-refractivity contribution in [1.82, 2.24) is 4.90 Å². The molecular weight excluding hydrogens is 457 g/mol. The molecule has 0 spiro atoms. The normalized spacial score (nSPS) is 18.1. The van der Waals surface area contributed by atoms with Crippen LogP contribution >= 0.6 is 0 Å². The summed E-state index contributed by atoms with van der Waals surface area (Å²) in [5.41, 5.74) is -3.63. The summed E-state index contributed by atoms with van der Waals surface area (Å²) in [6, 6.07) is 14.5. The molecule has 0 fully saturated rings. The Morgan fingerprint density at radius 2 is 1.69 bits per heavy atom. The Morgan fingerprint density at radius 3 is 2.31 bits per heavy atom. The van der Waals surface area contributed by atoms with Crippen molar-refractivity contribution in [2.45, 2.75) is 32.0 Å². The molecule has 1 aliphatic rings. The van der Waals surface area contributed by atoms with Gasteiger partial charge in [-0.15, -0.1) is 0 Å². The van der Waals surface area contributed by atoms with E-state index < -0.39 is 28.8 Å². The summed E-state index contributed by atoms with van der Waals surface area (Å²) in [6.45, 7) is 5.61. The van der Waals surface area contributed by atoms with E-state index in [1.54, 1.807) is 24.3 Å². The highest BCUT2D eigenvalue weighted by Crippen LogP contribution is 2.51. The first-order chi connectivity index (χ1) is 16.6. The topological polar surface area (TPSA) is 64.0 Å². The molecule has 1 atom stereocenters. The first-order valence-corrected chi connectivity index (χ1v) is 11.8. The number of aliphatic hydroxyl groups excluding tert-OH is 1. The third-order valence-corrected chi connectivity index (χ3v) is 6.79. The van der Waals surface area contributed by atoms with E-state index in [0.29, 0.717) is 11.9 Å². The van der Waals surface area contributed by atoms with Gasteiger partial charge in [-0.3, -0.25) is 4.79 Å². The summed E-state index contributed by atoms with van der Waals surface area (Å²) < 4.78 is 43.0. The Bertz CT molecular complexity index is 1240. The Hall–Kier alpha value is -2.94. The molecule has 8 heteroatoms. The number of hydrogen-bond donors (Lipinski definition) is 2. The number of carbonyl (C=O) groups is 1. The molecule has 1 aliphatic heterocycles. The van der Waals surface area contributed by atoms with Gasteiger partial charge in [0.25, 0.3) is 5.91 Å². The number of amides is 1. The van der Waals surface area contributed by atoms with Crippen LogP contribution in [0, 0.1) is 0 Å². The molecule has 0 saturated heterocycles. The standard InChI is InChI=1S/C27H29F3N2O3/c1-3-31(4-2)12-13-32-23-16-18(11-14-33)15-22(27(28,29)30)24(23)26(35,25(32)34)21-10-9-19-7-5-6-8-20(19)17-21/h5-10,15-17,33,35H,3-4,11-14H2,1-2H3. The molecule has 1 amide bonds. The van der Waals surface area contributed by atoms with E-state index in [1.165, 1.54) is 17.0 Å². The van der Waals surface area contributed by atoms with Crippen molar-refractivity contribution in [3.8, 4) is 0 Å². The Labute approximate surface area is 202 Å². The number of anilines is 1. The lowest BCUT2D eigenvalue weighted by atomic mass is 9.83. The zero-order valence-corrected chi connectivity index (χ0v) is 19.8. The van der Waals surface area contributed by atoms with Crippen molar-refractivity contribution >= 4 is 22.4 Å². The van der Waals surface area contributed by atoms with Crippen molar-refractivity contribution in [3.05, 3.63) is 76.9 Å². The zero-order chi connectivity index (χ0) is 25.4. The van der Waals surface area contributed by atoms with E-state index in [1.807, 2.05) is 26.0 Å². The number of carbonyl (C=O) groups excluding carboxylic acids is 1. The van der Waals surface area contributed by atoms with Crippen LogP contribution in [0.1, 0.15) is 36.1 Å². The van der Waals surface area contributed by atoms with Crippen LogP contribution in [0.15, 0.2) is 54.6 Å². The number of hydrogen-bond acceptors (Lipinski definition) is 4. The molecule has 2 N–H and O–H groups in total. The molecule has 1 heterocycles. The van der Waals surface area contributed by atoms with Gasteiger partial charge in [0.1, 0.15) is 0 Å². The van der Waals surface area contributed by atoms with Crippen LogP contribution in [0.2, 0.25) is 0 Å². The number of likely N-dealkylation sites (N-methyl/N-ethyl adjacent to an activating group) is 1. The molecule has 3 aromatic rings. The quantitative estimate of drug-likeness (QED) is 0.498. The molecule has 186 valence electrons. The van der Waals surface area contributed by atoms with Gasteiger partial charge in [-0.25, -0.2) is 0 Å². The number of halogens is 3. The van der Waals surface area contributed by atoms with Crippen LogP contribution in [0.25, 0.3) is 10.8 Å². The predicted molar refractivity (Wildman–Crippen MR) is 129 cm³/mol. The van der Waals surface area contributed by atoms with E-state index in [0.717, 1.165) is 24.5 Å². The fourth-order valence-corrected chi connectivity index (χ4v) is 4.87. The number of benzene rings is 3. The summed E-state index contributed by atoms with van der Waals surface area (Å²) in [4.78, 5) is 17.1. The molecule has 0 saturated carbocycles. The molecular formula is C27H29F3N2O3. The molecule has 3 aromatic carbocycles. The summed E-state index contributed by atoms with van der Waals surface area (Å²) in [5.74, 6) is -0.804. The smallest absolute Gasteiger partial charge is 0.396 e. The molecule has 5 nitrogen and oxygen atoms in total. The summed E-state index contributed by atoms with van der Waals surface area (Å²) in [6.07, 6.45) is -4.81. The van der Waals surface area contributed by atoms with Gasteiger partial charge in [-0.1, -0.05) is 50.2 Å². The average Bonchev–Trinajstić information content (AvgIpc) is 3.06. The third-order valence-electron chi connectivity index (χ3n) is 6.79. The largest absolute Gasteiger partial charge is 0.416 e. The number of rotatable bonds is 8. The Morgan fingerprint density at radius 1 is 1.00 bits per heavy atom. The zero-order valence-electron chi connectivity index (χ0n) is 19.8. The van der Waals surface area contributed by atoms with Gasteiger partial charge in [0.05, 0.1) is 11.3 Å².